The molecule has 1 saturated heterocycles. The summed E-state index contributed by atoms with van der Waals surface area (Å²) in [6.45, 7) is 5.80. The maximum Gasteiger partial charge on any atom is 0.127 e. The Hall–Kier alpha value is -0.160. The molecule has 5 heteroatoms. The van der Waals surface area contributed by atoms with E-state index in [1.54, 1.807) is 6.07 Å². The fraction of sp³-hybridized carbons (Fsp3) is 0.500. The van der Waals surface area contributed by atoms with E-state index < -0.39 is 0 Å². The van der Waals surface area contributed by atoms with Gasteiger partial charge in [-0.05, 0) is 25.1 Å². The van der Waals surface area contributed by atoms with Crippen LogP contribution in [0.15, 0.2) is 22.7 Å². The molecule has 0 bridgehead atoms. The molecule has 1 aliphatic rings. The summed E-state index contributed by atoms with van der Waals surface area (Å²) in [6, 6.07) is 5.59. The van der Waals surface area contributed by atoms with Crippen LogP contribution in [-0.4, -0.2) is 30.6 Å². The maximum atomic E-state index is 13.6. The van der Waals surface area contributed by atoms with Crippen LogP contribution in [0.4, 0.5) is 4.39 Å². The number of hydrogen-bond donors (Lipinski definition) is 1. The number of rotatable bonds is 2. The molecule has 2 rings (SSSR count). The third-order valence-corrected chi connectivity index (χ3v) is 3.51. The molecule has 1 aliphatic heterocycles. The largest absolute Gasteiger partial charge is 0.314 e. The van der Waals surface area contributed by atoms with Crippen LogP contribution < -0.4 is 5.32 Å². The summed E-state index contributed by atoms with van der Waals surface area (Å²) in [7, 11) is 0. The molecule has 1 unspecified atom stereocenters. The van der Waals surface area contributed by atoms with Crippen LogP contribution in [-0.2, 0) is 6.54 Å². The van der Waals surface area contributed by atoms with Gasteiger partial charge < -0.3 is 5.32 Å². The van der Waals surface area contributed by atoms with Crippen molar-refractivity contribution >= 4 is 28.3 Å². The predicted octanol–water partition coefficient (Wildman–Crippen LogP) is 2.80. The van der Waals surface area contributed by atoms with E-state index in [1.807, 2.05) is 6.07 Å². The molecule has 2 nitrogen and oxygen atoms in total. The lowest BCUT2D eigenvalue weighted by atomic mass is 10.1. The minimum atomic E-state index is -0.117. The Labute approximate surface area is 116 Å². The Morgan fingerprint density at radius 3 is 3.00 bits per heavy atom. The van der Waals surface area contributed by atoms with E-state index in [0.717, 1.165) is 29.7 Å². The number of benzene rings is 1. The summed E-state index contributed by atoms with van der Waals surface area (Å²) < 4.78 is 14.5. The van der Waals surface area contributed by atoms with Crippen molar-refractivity contribution < 1.29 is 4.39 Å². The van der Waals surface area contributed by atoms with Gasteiger partial charge in [-0.3, -0.25) is 4.90 Å². The summed E-state index contributed by atoms with van der Waals surface area (Å²) in [5.41, 5.74) is 0.767. The highest BCUT2D eigenvalue weighted by atomic mass is 79.9. The number of nitrogens with one attached hydrogen (secondary N) is 1. The average Bonchev–Trinajstić information content (AvgIpc) is 2.27. The third-order valence-electron chi connectivity index (χ3n) is 3.02. The van der Waals surface area contributed by atoms with E-state index in [0.29, 0.717) is 12.6 Å². The Morgan fingerprint density at radius 1 is 1.53 bits per heavy atom. The lowest BCUT2D eigenvalue weighted by molar-refractivity contribution is 0.164. The zero-order chi connectivity index (χ0) is 11.5. The highest BCUT2D eigenvalue weighted by Crippen LogP contribution is 2.18. The third kappa shape index (κ3) is 3.91. The first-order chi connectivity index (χ1) is 7.66. The summed E-state index contributed by atoms with van der Waals surface area (Å²) in [5.74, 6) is -0.117. The van der Waals surface area contributed by atoms with E-state index in [4.69, 9.17) is 0 Å². The van der Waals surface area contributed by atoms with Gasteiger partial charge in [-0.15, -0.1) is 12.4 Å². The molecular formula is C12H17BrClFN2. The second kappa shape index (κ2) is 6.69. The van der Waals surface area contributed by atoms with Gasteiger partial charge in [0.1, 0.15) is 5.82 Å². The first-order valence-electron chi connectivity index (χ1n) is 5.55. The molecule has 1 N–H and O–H groups in total. The molecule has 0 spiro atoms. The second-order valence-corrected chi connectivity index (χ2v) is 5.18. The Bertz CT molecular complexity index is 376. The zero-order valence-corrected chi connectivity index (χ0v) is 12.2. The fourth-order valence-electron chi connectivity index (χ4n) is 2.00. The van der Waals surface area contributed by atoms with Crippen molar-refractivity contribution in [1.82, 2.24) is 10.2 Å². The van der Waals surface area contributed by atoms with Crippen LogP contribution in [0.3, 0.4) is 0 Å². The molecule has 17 heavy (non-hydrogen) atoms. The van der Waals surface area contributed by atoms with E-state index >= 15 is 0 Å². The van der Waals surface area contributed by atoms with Gasteiger partial charge in [0.15, 0.2) is 0 Å². The van der Waals surface area contributed by atoms with Crippen molar-refractivity contribution in [3.63, 3.8) is 0 Å². The second-order valence-electron chi connectivity index (χ2n) is 4.26. The molecule has 0 aromatic heterocycles. The predicted molar refractivity (Wildman–Crippen MR) is 74.1 cm³/mol. The molecule has 1 aromatic rings. The van der Waals surface area contributed by atoms with Crippen LogP contribution in [0.5, 0.6) is 0 Å². The maximum absolute atomic E-state index is 13.6. The van der Waals surface area contributed by atoms with Gasteiger partial charge in [0, 0.05) is 42.3 Å². The molecule has 0 amide bonds. The summed E-state index contributed by atoms with van der Waals surface area (Å²) in [4.78, 5) is 2.31. The first kappa shape index (κ1) is 14.9. The average molecular weight is 324 g/mol. The molecule has 1 aromatic carbocycles. The van der Waals surface area contributed by atoms with Crippen molar-refractivity contribution in [2.24, 2.45) is 0 Å². The van der Waals surface area contributed by atoms with Gasteiger partial charge in [-0.2, -0.15) is 0 Å². The van der Waals surface area contributed by atoms with E-state index in [2.05, 4.69) is 33.1 Å². The number of halogens is 3. The number of piperazine rings is 1. The van der Waals surface area contributed by atoms with Crippen molar-refractivity contribution in [1.29, 1.82) is 0 Å². The van der Waals surface area contributed by atoms with Gasteiger partial charge in [0.25, 0.3) is 0 Å². The van der Waals surface area contributed by atoms with Gasteiger partial charge in [0.2, 0.25) is 0 Å². The number of nitrogens with zero attached hydrogens (tertiary/aromatic N) is 1. The van der Waals surface area contributed by atoms with Crippen molar-refractivity contribution in [2.75, 3.05) is 19.6 Å². The fourth-order valence-corrected chi connectivity index (χ4v) is 2.41. The Kier molecular flexibility index (Phi) is 5.86. The highest BCUT2D eigenvalue weighted by molar-refractivity contribution is 9.10. The topological polar surface area (TPSA) is 15.3 Å². The van der Waals surface area contributed by atoms with E-state index in [1.165, 1.54) is 6.07 Å². The Balaban J connectivity index is 0.00000144. The van der Waals surface area contributed by atoms with Crippen molar-refractivity contribution in [3.8, 4) is 0 Å². The molecule has 0 aliphatic carbocycles. The van der Waals surface area contributed by atoms with Crippen LogP contribution in [0.1, 0.15) is 12.5 Å². The minimum Gasteiger partial charge on any atom is -0.314 e. The van der Waals surface area contributed by atoms with Gasteiger partial charge in [0.05, 0.1) is 0 Å². The van der Waals surface area contributed by atoms with Gasteiger partial charge in [-0.1, -0.05) is 15.9 Å². The lowest BCUT2D eigenvalue weighted by Gasteiger charge is -2.33. The minimum absolute atomic E-state index is 0. The molecule has 1 atom stereocenters. The Morgan fingerprint density at radius 2 is 2.29 bits per heavy atom. The molecule has 0 radical (unpaired) electrons. The van der Waals surface area contributed by atoms with Gasteiger partial charge in [-0.25, -0.2) is 4.39 Å². The molecule has 96 valence electrons. The monoisotopic (exact) mass is 322 g/mol. The van der Waals surface area contributed by atoms with E-state index in [-0.39, 0.29) is 18.2 Å². The number of hydrogen-bond acceptors (Lipinski definition) is 2. The van der Waals surface area contributed by atoms with Crippen LogP contribution in [0.2, 0.25) is 0 Å². The van der Waals surface area contributed by atoms with Crippen molar-refractivity contribution in [3.05, 3.63) is 34.1 Å². The molecule has 1 fully saturated rings. The van der Waals surface area contributed by atoms with Crippen LogP contribution >= 0.6 is 28.3 Å². The normalized spacial score (nSPS) is 21.0. The molecule has 0 saturated carbocycles. The summed E-state index contributed by atoms with van der Waals surface area (Å²) >= 11 is 3.38. The van der Waals surface area contributed by atoms with E-state index in [9.17, 15) is 4.39 Å². The zero-order valence-electron chi connectivity index (χ0n) is 9.75. The SMILES string of the molecule is CC1CNCCN1Cc1cc(Br)ccc1F.Cl. The summed E-state index contributed by atoms with van der Waals surface area (Å²) in [5, 5.41) is 3.33. The smallest absolute Gasteiger partial charge is 0.127 e. The first-order valence-corrected chi connectivity index (χ1v) is 6.35. The summed E-state index contributed by atoms with van der Waals surface area (Å²) in [6.07, 6.45) is 0. The quantitative estimate of drug-likeness (QED) is 0.900. The highest BCUT2D eigenvalue weighted by Gasteiger charge is 2.19. The standard InChI is InChI=1S/C12H16BrFN2.ClH/c1-9-7-15-4-5-16(9)8-10-6-11(13)2-3-12(10)14;/h2-3,6,9,15H,4-5,7-8H2,1H3;1H. The van der Waals surface area contributed by atoms with Crippen LogP contribution in [0.25, 0.3) is 0 Å². The van der Waals surface area contributed by atoms with Gasteiger partial charge >= 0.3 is 0 Å². The lowest BCUT2D eigenvalue weighted by Crippen LogP contribution is -2.49. The molecule has 1 heterocycles. The molecular weight excluding hydrogens is 307 g/mol. The van der Waals surface area contributed by atoms with Crippen LogP contribution in [0, 0.1) is 5.82 Å². The van der Waals surface area contributed by atoms with Crippen molar-refractivity contribution in [2.45, 2.75) is 19.5 Å².